The molecule has 0 aliphatic heterocycles. The van der Waals surface area contributed by atoms with Gasteiger partial charge >= 0.3 is 0 Å². The molecule has 0 spiro atoms. The molecule has 0 amide bonds. The Hall–Kier alpha value is -2.26. The van der Waals surface area contributed by atoms with Crippen LogP contribution in [-0.2, 0) is 6.42 Å². The third-order valence-corrected chi connectivity index (χ3v) is 5.08. The Balaban J connectivity index is 1.83. The molecule has 2 aromatic carbocycles. The number of hydrogen-bond donors (Lipinski definition) is 1. The van der Waals surface area contributed by atoms with E-state index in [1.807, 2.05) is 18.4 Å². The topological polar surface area (TPSA) is 34.4 Å². The van der Waals surface area contributed by atoms with Gasteiger partial charge in [-0.3, -0.25) is 0 Å². The maximum absolute atomic E-state index is 5.79. The quantitative estimate of drug-likeness (QED) is 0.614. The lowest BCUT2D eigenvalue weighted by Crippen LogP contribution is -2.43. The van der Waals surface area contributed by atoms with Crippen molar-refractivity contribution >= 4 is 11.0 Å². The molecule has 2 atom stereocenters. The lowest BCUT2D eigenvalue weighted by atomic mass is 9.82. The Morgan fingerprint density at radius 2 is 1.81 bits per heavy atom. The van der Waals surface area contributed by atoms with Gasteiger partial charge in [-0.05, 0) is 42.0 Å². The highest BCUT2D eigenvalue weighted by Gasteiger charge is 2.27. The van der Waals surface area contributed by atoms with Crippen molar-refractivity contribution in [2.24, 2.45) is 5.41 Å². The Bertz CT molecular complexity index is 846. The van der Waals surface area contributed by atoms with Gasteiger partial charge in [-0.15, -0.1) is 0 Å². The monoisotopic (exact) mass is 351 g/mol. The van der Waals surface area contributed by atoms with E-state index < -0.39 is 0 Å². The molecule has 0 radical (unpaired) electrons. The number of benzene rings is 2. The first-order valence-electron chi connectivity index (χ1n) is 9.23. The summed E-state index contributed by atoms with van der Waals surface area (Å²) in [6.07, 6.45) is 2.80. The number of fused-ring (bicyclic) bond motifs is 1. The maximum Gasteiger partial charge on any atom is 0.137 e. The van der Waals surface area contributed by atoms with Crippen molar-refractivity contribution in [3.05, 3.63) is 65.9 Å². The second-order valence-corrected chi connectivity index (χ2v) is 8.04. The summed E-state index contributed by atoms with van der Waals surface area (Å²) >= 11 is 0. The highest BCUT2D eigenvalue weighted by molar-refractivity contribution is 5.82. The van der Waals surface area contributed by atoms with Gasteiger partial charge in [-0.1, -0.05) is 51.1 Å². The van der Waals surface area contributed by atoms with Crippen molar-refractivity contribution in [3.63, 3.8) is 0 Å². The van der Waals surface area contributed by atoms with E-state index in [2.05, 4.69) is 69.4 Å². The Labute approximate surface area is 156 Å². The minimum atomic E-state index is 0.124. The summed E-state index contributed by atoms with van der Waals surface area (Å²) < 4.78 is 11.1. The summed E-state index contributed by atoms with van der Waals surface area (Å²) in [7, 11) is 1.68. The van der Waals surface area contributed by atoms with Crippen LogP contribution >= 0.6 is 0 Å². The van der Waals surface area contributed by atoms with Gasteiger partial charge in [0.05, 0.1) is 13.4 Å². The largest absolute Gasteiger partial charge is 0.497 e. The van der Waals surface area contributed by atoms with Crippen molar-refractivity contribution in [2.45, 2.75) is 46.2 Å². The summed E-state index contributed by atoms with van der Waals surface area (Å²) in [5.41, 5.74) is 3.54. The zero-order valence-electron chi connectivity index (χ0n) is 16.4. The van der Waals surface area contributed by atoms with Crippen molar-refractivity contribution < 1.29 is 9.15 Å². The molecule has 1 N–H and O–H groups in total. The van der Waals surface area contributed by atoms with Crippen LogP contribution in [0.1, 0.15) is 44.9 Å². The van der Waals surface area contributed by atoms with Gasteiger partial charge in [0.25, 0.3) is 0 Å². The van der Waals surface area contributed by atoms with Gasteiger partial charge in [0, 0.05) is 23.5 Å². The molecule has 2 unspecified atom stereocenters. The van der Waals surface area contributed by atoms with Crippen molar-refractivity contribution in [2.75, 3.05) is 7.11 Å². The van der Waals surface area contributed by atoms with Crippen LogP contribution in [0.25, 0.3) is 11.0 Å². The van der Waals surface area contributed by atoms with Gasteiger partial charge in [-0.25, -0.2) is 0 Å². The molecule has 0 bridgehead atoms. The van der Waals surface area contributed by atoms with Crippen LogP contribution in [0, 0.1) is 5.41 Å². The molecule has 3 rings (SSSR count). The van der Waals surface area contributed by atoms with E-state index in [1.165, 1.54) is 11.1 Å². The first kappa shape index (κ1) is 18.5. The molecule has 3 aromatic rings. The van der Waals surface area contributed by atoms with Crippen molar-refractivity contribution in [1.29, 1.82) is 0 Å². The molecule has 26 heavy (non-hydrogen) atoms. The van der Waals surface area contributed by atoms with Crippen LogP contribution in [0.4, 0.5) is 0 Å². The van der Waals surface area contributed by atoms with Gasteiger partial charge in [-0.2, -0.15) is 0 Å². The van der Waals surface area contributed by atoms with Gasteiger partial charge in [0.15, 0.2) is 0 Å². The number of methoxy groups -OCH3 is 1. The predicted molar refractivity (Wildman–Crippen MR) is 108 cm³/mol. The number of furan rings is 1. The maximum atomic E-state index is 5.79. The molecule has 0 saturated heterocycles. The van der Waals surface area contributed by atoms with Crippen LogP contribution in [0.5, 0.6) is 5.75 Å². The molecule has 0 aliphatic rings. The number of hydrogen-bond acceptors (Lipinski definition) is 3. The second kappa shape index (κ2) is 7.55. The molecule has 1 aromatic heterocycles. The van der Waals surface area contributed by atoms with E-state index in [-0.39, 0.29) is 5.41 Å². The van der Waals surface area contributed by atoms with Crippen LogP contribution in [0.15, 0.2) is 59.2 Å². The van der Waals surface area contributed by atoms with Crippen LogP contribution < -0.4 is 10.1 Å². The molecular weight excluding hydrogens is 322 g/mol. The summed E-state index contributed by atoms with van der Waals surface area (Å²) in [4.78, 5) is 0. The molecule has 138 valence electrons. The molecule has 0 fully saturated rings. The summed E-state index contributed by atoms with van der Waals surface area (Å²) in [6, 6.07) is 17.2. The number of ether oxygens (including phenoxy) is 1. The highest BCUT2D eigenvalue weighted by atomic mass is 16.5. The normalized spacial score (nSPS) is 14.3. The molecule has 0 saturated carbocycles. The third-order valence-electron chi connectivity index (χ3n) is 5.08. The molecular formula is C23H29NO2. The van der Waals surface area contributed by atoms with Crippen molar-refractivity contribution in [3.8, 4) is 5.75 Å². The molecule has 1 heterocycles. The van der Waals surface area contributed by atoms with Crippen LogP contribution in [-0.4, -0.2) is 13.2 Å². The van der Waals surface area contributed by atoms with Crippen LogP contribution in [0.3, 0.4) is 0 Å². The fraction of sp³-hybridized carbons (Fsp3) is 0.391. The highest BCUT2D eigenvalue weighted by Crippen LogP contribution is 2.31. The Kier molecular flexibility index (Phi) is 5.38. The third kappa shape index (κ3) is 4.10. The fourth-order valence-corrected chi connectivity index (χ4v) is 3.32. The zero-order chi connectivity index (χ0) is 18.7. The Morgan fingerprint density at radius 3 is 2.46 bits per heavy atom. The SMILES string of the molecule is COc1ccc2c(CC(NC(C)c3ccccc3)C(C)(C)C)coc2c1. The number of nitrogens with one attached hydrogen (secondary N) is 1. The van der Waals surface area contributed by atoms with E-state index >= 15 is 0 Å². The van der Waals surface area contributed by atoms with E-state index in [0.29, 0.717) is 12.1 Å². The first-order chi connectivity index (χ1) is 12.4. The predicted octanol–water partition coefficient (Wildman–Crippen LogP) is 5.75. The molecule has 3 nitrogen and oxygen atoms in total. The lowest BCUT2D eigenvalue weighted by molar-refractivity contribution is 0.248. The average Bonchev–Trinajstić information content (AvgIpc) is 3.03. The van der Waals surface area contributed by atoms with Crippen molar-refractivity contribution in [1.82, 2.24) is 5.32 Å². The molecule has 3 heteroatoms. The van der Waals surface area contributed by atoms with E-state index in [1.54, 1.807) is 7.11 Å². The van der Waals surface area contributed by atoms with E-state index in [9.17, 15) is 0 Å². The fourth-order valence-electron chi connectivity index (χ4n) is 3.32. The van der Waals surface area contributed by atoms with Gasteiger partial charge in [0.1, 0.15) is 11.3 Å². The van der Waals surface area contributed by atoms with Gasteiger partial charge < -0.3 is 14.5 Å². The minimum absolute atomic E-state index is 0.124. The van der Waals surface area contributed by atoms with E-state index in [4.69, 9.17) is 9.15 Å². The first-order valence-corrected chi connectivity index (χ1v) is 9.23. The average molecular weight is 351 g/mol. The lowest BCUT2D eigenvalue weighted by Gasteiger charge is -2.34. The number of rotatable bonds is 6. The summed E-state index contributed by atoms with van der Waals surface area (Å²) in [5, 5.41) is 4.99. The van der Waals surface area contributed by atoms with Crippen LogP contribution in [0.2, 0.25) is 0 Å². The summed E-state index contributed by atoms with van der Waals surface area (Å²) in [6.45, 7) is 9.08. The summed E-state index contributed by atoms with van der Waals surface area (Å²) in [5.74, 6) is 0.821. The second-order valence-electron chi connectivity index (χ2n) is 8.04. The zero-order valence-corrected chi connectivity index (χ0v) is 16.4. The molecule has 0 aliphatic carbocycles. The standard InChI is InChI=1S/C23H29NO2/c1-16(17-9-7-6-8-10-17)24-22(23(2,3)4)13-18-15-26-21-14-19(25-5)11-12-20(18)21/h6-12,14-16,22,24H,13H2,1-5H3. The van der Waals surface area contributed by atoms with E-state index in [0.717, 1.165) is 23.1 Å². The smallest absolute Gasteiger partial charge is 0.137 e. The van der Waals surface area contributed by atoms with Gasteiger partial charge in [0.2, 0.25) is 0 Å². The minimum Gasteiger partial charge on any atom is -0.497 e. The Morgan fingerprint density at radius 1 is 1.08 bits per heavy atom.